The summed E-state index contributed by atoms with van der Waals surface area (Å²) in [6.45, 7) is 4.66. The van der Waals surface area contributed by atoms with E-state index in [1.165, 1.54) is 55.7 Å². The molecule has 0 heterocycles. The molecule has 0 saturated heterocycles. The molecule has 3 aliphatic rings. The van der Waals surface area contributed by atoms with Crippen LogP contribution in [0.15, 0.2) is 42.0 Å². The highest BCUT2D eigenvalue weighted by atomic mass is 14.5. The topological polar surface area (TPSA) is 0 Å². The van der Waals surface area contributed by atoms with Crippen molar-refractivity contribution >= 4 is 10.8 Å². The van der Waals surface area contributed by atoms with Gasteiger partial charge in [-0.25, -0.2) is 0 Å². The molecule has 2 aromatic carbocycles. The van der Waals surface area contributed by atoms with Gasteiger partial charge in [-0.2, -0.15) is 0 Å². The van der Waals surface area contributed by atoms with Gasteiger partial charge >= 0.3 is 0 Å². The van der Waals surface area contributed by atoms with Gasteiger partial charge in [0.05, 0.1) is 0 Å². The summed E-state index contributed by atoms with van der Waals surface area (Å²) < 4.78 is 0. The Morgan fingerprint density at radius 1 is 1.12 bits per heavy atom. The predicted octanol–water partition coefficient (Wildman–Crippen LogP) is 6.25. The van der Waals surface area contributed by atoms with E-state index in [-0.39, 0.29) is 0 Å². The first-order chi connectivity index (χ1) is 11.6. The number of benzene rings is 2. The van der Waals surface area contributed by atoms with Crippen molar-refractivity contribution in [3.8, 4) is 0 Å². The maximum absolute atomic E-state index is 2.57. The molecular weight excluding hydrogens is 288 g/mol. The number of aryl methyl sites for hydroxylation is 1. The van der Waals surface area contributed by atoms with Crippen molar-refractivity contribution in [1.29, 1.82) is 0 Å². The Balaban J connectivity index is 1.58. The van der Waals surface area contributed by atoms with Crippen molar-refractivity contribution in [2.45, 2.75) is 58.8 Å². The van der Waals surface area contributed by atoms with Crippen LogP contribution in [0.3, 0.4) is 0 Å². The zero-order chi connectivity index (χ0) is 16.3. The third-order valence-electron chi connectivity index (χ3n) is 7.00. The summed E-state index contributed by atoms with van der Waals surface area (Å²) in [5.41, 5.74) is 7.22. The van der Waals surface area contributed by atoms with Crippen LogP contribution in [0.5, 0.6) is 0 Å². The molecule has 3 aliphatic carbocycles. The fourth-order valence-electron chi connectivity index (χ4n) is 5.85. The number of fused-ring (bicyclic) bond motifs is 5. The van der Waals surface area contributed by atoms with Crippen LogP contribution in [-0.4, -0.2) is 0 Å². The fraction of sp³-hybridized carbons (Fsp3) is 0.500. The van der Waals surface area contributed by atoms with Gasteiger partial charge in [0.25, 0.3) is 0 Å². The monoisotopic (exact) mass is 316 g/mol. The van der Waals surface area contributed by atoms with Gasteiger partial charge in [0, 0.05) is 0 Å². The van der Waals surface area contributed by atoms with Crippen molar-refractivity contribution in [1.82, 2.24) is 0 Å². The second kappa shape index (κ2) is 5.22. The number of hydrogen-bond donors (Lipinski definition) is 0. The van der Waals surface area contributed by atoms with Gasteiger partial charge < -0.3 is 0 Å². The second-order valence-electron chi connectivity index (χ2n) is 9.07. The van der Waals surface area contributed by atoms with Crippen molar-refractivity contribution in [3.63, 3.8) is 0 Å². The maximum Gasteiger partial charge on any atom is -0.0149 e. The highest BCUT2D eigenvalue weighted by Gasteiger charge is 2.48. The number of allylic oxidation sites excluding steroid dienone is 2. The normalized spacial score (nSPS) is 28.0. The SMILES string of the molecule is CC(C)Cc1cccc2cc3c(cc12)CC1(CC3)CC2=CCC1C2. The van der Waals surface area contributed by atoms with Crippen molar-refractivity contribution in [2.75, 3.05) is 0 Å². The molecule has 0 radical (unpaired) electrons. The molecule has 0 aromatic heterocycles. The van der Waals surface area contributed by atoms with Crippen molar-refractivity contribution < 1.29 is 0 Å². The third kappa shape index (κ3) is 2.19. The Bertz CT molecular complexity index is 838. The highest BCUT2D eigenvalue weighted by molar-refractivity contribution is 5.87. The van der Waals surface area contributed by atoms with Crippen LogP contribution in [0.1, 0.15) is 56.2 Å². The molecule has 24 heavy (non-hydrogen) atoms. The third-order valence-corrected chi connectivity index (χ3v) is 7.00. The number of rotatable bonds is 2. The summed E-state index contributed by atoms with van der Waals surface area (Å²) in [6.07, 6.45) is 11.9. The van der Waals surface area contributed by atoms with E-state index in [2.05, 4.69) is 50.3 Å². The Kier molecular flexibility index (Phi) is 3.21. The molecular formula is C24H28. The van der Waals surface area contributed by atoms with E-state index in [0.29, 0.717) is 5.41 Å². The first-order valence-corrected chi connectivity index (χ1v) is 9.84. The van der Waals surface area contributed by atoms with Crippen LogP contribution in [0, 0.1) is 17.3 Å². The highest BCUT2D eigenvalue weighted by Crippen LogP contribution is 2.58. The lowest BCUT2D eigenvalue weighted by Crippen LogP contribution is -2.33. The first-order valence-electron chi connectivity index (χ1n) is 9.84. The van der Waals surface area contributed by atoms with E-state index >= 15 is 0 Å². The summed E-state index contributed by atoms with van der Waals surface area (Å²) in [6, 6.07) is 12.0. The van der Waals surface area contributed by atoms with Crippen molar-refractivity contribution in [2.24, 2.45) is 17.3 Å². The van der Waals surface area contributed by atoms with E-state index < -0.39 is 0 Å². The van der Waals surface area contributed by atoms with Crippen LogP contribution in [0.2, 0.25) is 0 Å². The van der Waals surface area contributed by atoms with E-state index in [1.807, 2.05) is 0 Å². The van der Waals surface area contributed by atoms with Crippen LogP contribution >= 0.6 is 0 Å². The summed E-state index contributed by atoms with van der Waals surface area (Å²) in [7, 11) is 0. The quantitative estimate of drug-likeness (QED) is 0.574. The van der Waals surface area contributed by atoms with Gasteiger partial charge in [-0.3, -0.25) is 0 Å². The molecule has 1 saturated carbocycles. The van der Waals surface area contributed by atoms with Crippen LogP contribution < -0.4 is 0 Å². The molecule has 0 aliphatic heterocycles. The second-order valence-corrected chi connectivity index (χ2v) is 9.07. The molecule has 0 nitrogen and oxygen atoms in total. The molecule has 2 unspecified atom stereocenters. The first kappa shape index (κ1) is 14.8. The minimum Gasteiger partial charge on any atom is -0.0850 e. The standard InChI is InChI=1S/C24H28/c1-16(2)10-19-4-3-5-20-12-18-8-9-24(15-21(18)13-23(19)20)14-17-6-7-22(24)11-17/h3-6,12-13,16,22H,7-11,14-15H2,1-2H3. The molecule has 124 valence electrons. The smallest absolute Gasteiger partial charge is 0.0149 e. The fourth-order valence-corrected chi connectivity index (χ4v) is 5.85. The number of hydrogen-bond acceptors (Lipinski definition) is 0. The molecule has 1 spiro atoms. The van der Waals surface area contributed by atoms with E-state index in [4.69, 9.17) is 0 Å². The Morgan fingerprint density at radius 3 is 2.79 bits per heavy atom. The average Bonchev–Trinajstić information content (AvgIpc) is 3.14. The maximum atomic E-state index is 2.57. The Labute approximate surface area is 146 Å². The summed E-state index contributed by atoms with van der Waals surface area (Å²) in [5, 5.41) is 2.97. The molecule has 2 atom stereocenters. The molecule has 0 amide bonds. The minimum absolute atomic E-state index is 0.609. The molecule has 5 rings (SSSR count). The average molecular weight is 316 g/mol. The summed E-state index contributed by atoms with van der Waals surface area (Å²) in [4.78, 5) is 0. The molecule has 0 N–H and O–H groups in total. The molecule has 0 heteroatoms. The lowest BCUT2D eigenvalue weighted by molar-refractivity contribution is 0.169. The Hall–Kier alpha value is -1.56. The Morgan fingerprint density at radius 2 is 2.04 bits per heavy atom. The van der Waals surface area contributed by atoms with Crippen molar-refractivity contribution in [3.05, 3.63) is 58.7 Å². The van der Waals surface area contributed by atoms with Gasteiger partial charge in [0.1, 0.15) is 0 Å². The van der Waals surface area contributed by atoms with Crippen LogP contribution in [-0.2, 0) is 19.3 Å². The van der Waals surface area contributed by atoms with Gasteiger partial charge in [0.2, 0.25) is 0 Å². The molecule has 2 aromatic rings. The van der Waals surface area contributed by atoms with Gasteiger partial charge in [-0.1, -0.05) is 55.8 Å². The summed E-state index contributed by atoms with van der Waals surface area (Å²) >= 11 is 0. The van der Waals surface area contributed by atoms with Gasteiger partial charge in [-0.05, 0) is 89.7 Å². The summed E-state index contributed by atoms with van der Waals surface area (Å²) in [5.74, 6) is 1.66. The molecule has 1 fully saturated rings. The van der Waals surface area contributed by atoms with Crippen LogP contribution in [0.4, 0.5) is 0 Å². The largest absolute Gasteiger partial charge is 0.0850 e. The zero-order valence-corrected chi connectivity index (χ0v) is 15.1. The minimum atomic E-state index is 0.609. The van der Waals surface area contributed by atoms with Gasteiger partial charge in [-0.15, -0.1) is 0 Å². The zero-order valence-electron chi connectivity index (χ0n) is 15.1. The molecule has 2 bridgehead atoms. The van der Waals surface area contributed by atoms with Crippen LogP contribution in [0.25, 0.3) is 10.8 Å². The lowest BCUT2D eigenvalue weighted by Gasteiger charge is -2.40. The predicted molar refractivity (Wildman–Crippen MR) is 102 cm³/mol. The van der Waals surface area contributed by atoms with Gasteiger partial charge in [0.15, 0.2) is 0 Å². The van der Waals surface area contributed by atoms with E-state index in [1.54, 1.807) is 22.3 Å². The van der Waals surface area contributed by atoms with E-state index in [9.17, 15) is 0 Å². The van der Waals surface area contributed by atoms with E-state index in [0.717, 1.165) is 11.8 Å². The lowest BCUT2D eigenvalue weighted by atomic mass is 9.64.